The molecular formula is C19H20F3NO4. The number of carbonyl (C=O) groups is 1. The van der Waals surface area contributed by atoms with E-state index in [4.69, 9.17) is 14.2 Å². The Bertz CT molecular complexity index is 781. The number of methoxy groups -OCH3 is 3. The third-order valence-electron chi connectivity index (χ3n) is 3.93. The fourth-order valence-electron chi connectivity index (χ4n) is 2.64. The van der Waals surface area contributed by atoms with Crippen molar-refractivity contribution in [3.05, 3.63) is 53.1 Å². The van der Waals surface area contributed by atoms with Crippen LogP contribution in [0.1, 0.15) is 21.5 Å². The molecule has 2 aromatic rings. The molecule has 0 unspecified atom stereocenters. The molecule has 0 aliphatic carbocycles. The average molecular weight is 383 g/mol. The first kappa shape index (κ1) is 20.4. The highest BCUT2D eigenvalue weighted by Gasteiger charge is 2.32. The van der Waals surface area contributed by atoms with Crippen LogP contribution in [0.3, 0.4) is 0 Å². The van der Waals surface area contributed by atoms with Gasteiger partial charge in [0, 0.05) is 12.1 Å². The second-order valence-corrected chi connectivity index (χ2v) is 5.57. The molecule has 1 N–H and O–H groups in total. The van der Waals surface area contributed by atoms with E-state index in [1.165, 1.54) is 51.7 Å². The molecule has 2 rings (SSSR count). The quantitative estimate of drug-likeness (QED) is 0.792. The molecular weight excluding hydrogens is 363 g/mol. The zero-order valence-corrected chi connectivity index (χ0v) is 15.1. The molecule has 0 bridgehead atoms. The fraction of sp³-hybridized carbons (Fsp3) is 0.316. The van der Waals surface area contributed by atoms with Crippen molar-refractivity contribution < 1.29 is 32.2 Å². The summed E-state index contributed by atoms with van der Waals surface area (Å²) < 4.78 is 54.6. The van der Waals surface area contributed by atoms with Crippen LogP contribution in [0.25, 0.3) is 0 Å². The Morgan fingerprint density at radius 1 is 1.00 bits per heavy atom. The smallest absolute Gasteiger partial charge is 0.416 e. The van der Waals surface area contributed by atoms with Gasteiger partial charge in [0.25, 0.3) is 5.91 Å². The molecule has 27 heavy (non-hydrogen) atoms. The first-order valence-electron chi connectivity index (χ1n) is 8.05. The summed E-state index contributed by atoms with van der Waals surface area (Å²) in [7, 11) is 4.29. The molecule has 0 heterocycles. The largest absolute Gasteiger partial charge is 0.493 e. The highest BCUT2D eigenvalue weighted by molar-refractivity contribution is 5.95. The van der Waals surface area contributed by atoms with Crippen LogP contribution in [0.5, 0.6) is 17.2 Å². The maximum Gasteiger partial charge on any atom is 0.416 e. The summed E-state index contributed by atoms with van der Waals surface area (Å²) in [5.41, 5.74) is -0.337. The van der Waals surface area contributed by atoms with Gasteiger partial charge in [-0.05, 0) is 30.2 Å². The van der Waals surface area contributed by atoms with Crippen molar-refractivity contribution in [1.29, 1.82) is 0 Å². The molecule has 0 spiro atoms. The van der Waals surface area contributed by atoms with Gasteiger partial charge in [0.15, 0.2) is 11.5 Å². The minimum Gasteiger partial charge on any atom is -0.493 e. The number of ether oxygens (including phenoxy) is 3. The predicted octanol–water partition coefficient (Wildman–Crippen LogP) is 3.70. The highest BCUT2D eigenvalue weighted by atomic mass is 19.4. The Morgan fingerprint density at radius 2 is 1.59 bits per heavy atom. The van der Waals surface area contributed by atoms with Crippen LogP contribution in [0.2, 0.25) is 0 Å². The number of halogens is 3. The first-order chi connectivity index (χ1) is 12.8. The van der Waals surface area contributed by atoms with Crippen molar-refractivity contribution in [1.82, 2.24) is 5.32 Å². The van der Waals surface area contributed by atoms with Crippen molar-refractivity contribution >= 4 is 5.91 Å². The summed E-state index contributed by atoms with van der Waals surface area (Å²) in [6, 6.07) is 8.23. The molecule has 1 amide bonds. The Morgan fingerprint density at radius 3 is 2.11 bits per heavy atom. The number of hydrogen-bond donors (Lipinski definition) is 1. The summed E-state index contributed by atoms with van der Waals surface area (Å²) in [5, 5.41) is 2.61. The second kappa shape index (κ2) is 8.66. The lowest BCUT2D eigenvalue weighted by Gasteiger charge is -2.15. The van der Waals surface area contributed by atoms with Gasteiger partial charge in [-0.25, -0.2) is 0 Å². The predicted molar refractivity (Wildman–Crippen MR) is 93.6 cm³/mol. The molecule has 0 aliphatic rings. The zero-order chi connectivity index (χ0) is 20.0. The van der Waals surface area contributed by atoms with Crippen molar-refractivity contribution in [3.63, 3.8) is 0 Å². The molecule has 0 fully saturated rings. The van der Waals surface area contributed by atoms with Crippen molar-refractivity contribution in [3.8, 4) is 17.2 Å². The molecule has 0 saturated carbocycles. The van der Waals surface area contributed by atoms with E-state index >= 15 is 0 Å². The van der Waals surface area contributed by atoms with E-state index in [1.54, 1.807) is 0 Å². The van der Waals surface area contributed by atoms with E-state index in [0.29, 0.717) is 17.2 Å². The van der Waals surface area contributed by atoms with E-state index in [1.807, 2.05) is 0 Å². The Kier molecular flexibility index (Phi) is 6.55. The topological polar surface area (TPSA) is 56.8 Å². The maximum absolute atomic E-state index is 13.0. The normalized spacial score (nSPS) is 11.0. The third kappa shape index (κ3) is 4.84. The SMILES string of the molecule is COc1cc(C(=O)NCCc2ccccc2C(F)(F)F)cc(OC)c1OC. The van der Waals surface area contributed by atoms with Gasteiger partial charge >= 0.3 is 6.18 Å². The maximum atomic E-state index is 13.0. The van der Waals surface area contributed by atoms with E-state index in [-0.39, 0.29) is 24.1 Å². The van der Waals surface area contributed by atoms with Gasteiger partial charge in [0.1, 0.15) is 0 Å². The standard InChI is InChI=1S/C19H20F3NO4/c1-25-15-10-13(11-16(26-2)17(15)27-3)18(24)23-9-8-12-6-4-5-7-14(12)19(20,21)22/h4-7,10-11H,8-9H2,1-3H3,(H,23,24). The molecule has 5 nitrogen and oxygen atoms in total. The minimum absolute atomic E-state index is 0.0442. The summed E-state index contributed by atoms with van der Waals surface area (Å²) in [6.07, 6.45) is -4.39. The van der Waals surface area contributed by atoms with Gasteiger partial charge in [0.2, 0.25) is 5.75 Å². The molecule has 0 saturated heterocycles. The van der Waals surface area contributed by atoms with E-state index < -0.39 is 17.6 Å². The number of hydrogen-bond acceptors (Lipinski definition) is 4. The van der Waals surface area contributed by atoms with Gasteiger partial charge in [-0.15, -0.1) is 0 Å². The summed E-state index contributed by atoms with van der Waals surface area (Å²) in [4.78, 5) is 12.4. The zero-order valence-electron chi connectivity index (χ0n) is 15.1. The minimum atomic E-state index is -4.43. The van der Waals surface area contributed by atoms with E-state index in [2.05, 4.69) is 5.32 Å². The molecule has 0 aliphatic heterocycles. The molecule has 0 radical (unpaired) electrons. The third-order valence-corrected chi connectivity index (χ3v) is 3.93. The lowest BCUT2D eigenvalue weighted by atomic mass is 10.0. The molecule has 146 valence electrons. The van der Waals surface area contributed by atoms with Gasteiger partial charge in [-0.2, -0.15) is 13.2 Å². The number of nitrogens with one attached hydrogen (secondary N) is 1. The number of rotatable bonds is 7. The lowest BCUT2D eigenvalue weighted by molar-refractivity contribution is -0.138. The van der Waals surface area contributed by atoms with Crippen LogP contribution >= 0.6 is 0 Å². The second-order valence-electron chi connectivity index (χ2n) is 5.57. The molecule has 2 aromatic carbocycles. The van der Waals surface area contributed by atoms with Crippen LogP contribution in [0.15, 0.2) is 36.4 Å². The fourth-order valence-corrected chi connectivity index (χ4v) is 2.64. The molecule has 0 atom stereocenters. The van der Waals surface area contributed by atoms with Gasteiger partial charge in [-0.1, -0.05) is 18.2 Å². The van der Waals surface area contributed by atoms with Crippen molar-refractivity contribution in [2.24, 2.45) is 0 Å². The van der Waals surface area contributed by atoms with Crippen LogP contribution in [0.4, 0.5) is 13.2 Å². The molecule has 0 aromatic heterocycles. The first-order valence-corrected chi connectivity index (χ1v) is 8.05. The van der Waals surface area contributed by atoms with Crippen LogP contribution in [-0.2, 0) is 12.6 Å². The summed E-state index contributed by atoms with van der Waals surface area (Å²) in [5.74, 6) is 0.503. The molecule has 8 heteroatoms. The van der Waals surface area contributed by atoms with Crippen molar-refractivity contribution in [2.45, 2.75) is 12.6 Å². The van der Waals surface area contributed by atoms with Crippen LogP contribution in [-0.4, -0.2) is 33.8 Å². The Labute approximate surface area is 155 Å². The Hall–Kier alpha value is -2.90. The average Bonchev–Trinajstić information content (AvgIpc) is 2.66. The number of alkyl halides is 3. The number of carbonyl (C=O) groups excluding carboxylic acids is 1. The van der Waals surface area contributed by atoms with Gasteiger partial charge in [0.05, 0.1) is 26.9 Å². The Balaban J connectivity index is 2.11. The number of amides is 1. The van der Waals surface area contributed by atoms with Crippen LogP contribution < -0.4 is 19.5 Å². The van der Waals surface area contributed by atoms with Gasteiger partial charge in [-0.3, -0.25) is 4.79 Å². The number of benzene rings is 2. The van der Waals surface area contributed by atoms with Crippen LogP contribution in [0, 0.1) is 0 Å². The van der Waals surface area contributed by atoms with Gasteiger partial charge < -0.3 is 19.5 Å². The van der Waals surface area contributed by atoms with Crippen molar-refractivity contribution in [2.75, 3.05) is 27.9 Å². The van der Waals surface area contributed by atoms with E-state index in [0.717, 1.165) is 6.07 Å². The summed E-state index contributed by atoms with van der Waals surface area (Å²) in [6.45, 7) is 0.0442. The highest BCUT2D eigenvalue weighted by Crippen LogP contribution is 2.38. The summed E-state index contributed by atoms with van der Waals surface area (Å²) >= 11 is 0. The lowest BCUT2D eigenvalue weighted by Crippen LogP contribution is -2.26. The van der Waals surface area contributed by atoms with E-state index in [9.17, 15) is 18.0 Å². The monoisotopic (exact) mass is 383 g/mol.